The Morgan fingerprint density at radius 2 is 1.04 bits per heavy atom. The van der Waals surface area contributed by atoms with Crippen molar-refractivity contribution in [1.82, 2.24) is 0 Å². The molecule has 0 bridgehead atoms. The molecule has 0 aromatic heterocycles. The lowest BCUT2D eigenvalue weighted by Crippen LogP contribution is -2.62. The van der Waals surface area contributed by atoms with Gasteiger partial charge in [0.1, 0.15) is 24.4 Å². The van der Waals surface area contributed by atoms with Crippen molar-refractivity contribution in [3.05, 3.63) is 144 Å². The maximum absolute atomic E-state index is 7.13. The van der Waals surface area contributed by atoms with Crippen LogP contribution in [0.15, 0.2) is 121 Å². The third kappa shape index (κ3) is 10.3. The number of rotatable bonds is 16. The predicted octanol–water partition coefficient (Wildman–Crippen LogP) is 9.16. The summed E-state index contributed by atoms with van der Waals surface area (Å²) in [5.41, 5.74) is 4.34. The van der Waals surface area contributed by atoms with Crippen molar-refractivity contribution in [2.75, 3.05) is 6.61 Å². The van der Waals surface area contributed by atoms with Crippen molar-refractivity contribution >= 4 is 0 Å². The van der Waals surface area contributed by atoms with Gasteiger partial charge in [0.25, 0.3) is 0 Å². The van der Waals surface area contributed by atoms with Gasteiger partial charge < -0.3 is 28.4 Å². The molecule has 0 amide bonds. The van der Waals surface area contributed by atoms with Crippen LogP contribution in [0.4, 0.5) is 0 Å². The van der Waals surface area contributed by atoms with Gasteiger partial charge in [-0.3, -0.25) is 0 Å². The van der Waals surface area contributed by atoms with Gasteiger partial charge >= 0.3 is 0 Å². The quantitative estimate of drug-likeness (QED) is 0.118. The van der Waals surface area contributed by atoms with Crippen LogP contribution in [0.5, 0.6) is 0 Å². The molecule has 1 aliphatic heterocycles. The van der Waals surface area contributed by atoms with Crippen LogP contribution in [0.25, 0.3) is 0 Å². The minimum atomic E-state index is -0.669. The van der Waals surface area contributed by atoms with E-state index in [0.29, 0.717) is 50.8 Å². The Hall–Kier alpha value is -3.36. The van der Waals surface area contributed by atoms with E-state index in [9.17, 15) is 0 Å². The number of benzene rings is 4. The van der Waals surface area contributed by atoms with Crippen LogP contribution in [-0.2, 0) is 54.8 Å². The molecule has 50 heavy (non-hydrogen) atoms. The van der Waals surface area contributed by atoms with Gasteiger partial charge in [0.05, 0.1) is 39.1 Å². The Morgan fingerprint density at radius 1 is 0.580 bits per heavy atom. The predicted molar refractivity (Wildman–Crippen MR) is 196 cm³/mol. The van der Waals surface area contributed by atoms with Crippen molar-refractivity contribution in [2.24, 2.45) is 17.8 Å². The molecule has 1 heterocycles. The normalized spacial score (nSPS) is 27.0. The van der Waals surface area contributed by atoms with Crippen LogP contribution in [0.2, 0.25) is 0 Å². The van der Waals surface area contributed by atoms with Gasteiger partial charge in [0.15, 0.2) is 6.29 Å². The maximum atomic E-state index is 7.13. The monoisotopic (exact) mass is 678 g/mol. The molecule has 8 atom stereocenters. The zero-order chi connectivity index (χ0) is 34.5. The first kappa shape index (κ1) is 36.4. The standard InChI is InChI=1S/C44H54O6/c1-32(2)38-25-24-33(3)26-39(38)49-44-43(48-30-37-22-14-7-15-23-37)42(47-29-36-20-12-6-13-21-36)41(46-28-35-18-10-5-11-19-35)40(50-44)31-45-27-34-16-8-4-9-17-34/h4-23,32-33,38-44H,24-31H2,1-3H3/t33-,38+,39-,40-,41+,42+,43-,44+/m1/s1. The molecule has 6 heteroatoms. The third-order valence-electron chi connectivity index (χ3n) is 10.1. The lowest BCUT2D eigenvalue weighted by atomic mass is 9.75. The van der Waals surface area contributed by atoms with E-state index in [2.05, 4.69) is 69.3 Å². The first-order valence-corrected chi connectivity index (χ1v) is 18.4. The smallest absolute Gasteiger partial charge is 0.187 e. The summed E-state index contributed by atoms with van der Waals surface area (Å²) in [6.45, 7) is 8.94. The summed E-state index contributed by atoms with van der Waals surface area (Å²) in [4.78, 5) is 0. The highest BCUT2D eigenvalue weighted by Crippen LogP contribution is 2.39. The van der Waals surface area contributed by atoms with Crippen molar-refractivity contribution in [3.63, 3.8) is 0 Å². The topological polar surface area (TPSA) is 55.4 Å². The van der Waals surface area contributed by atoms with Gasteiger partial charge in [-0.1, -0.05) is 149 Å². The van der Waals surface area contributed by atoms with E-state index in [0.717, 1.165) is 35.1 Å². The van der Waals surface area contributed by atoms with E-state index >= 15 is 0 Å². The van der Waals surface area contributed by atoms with Crippen LogP contribution in [0, 0.1) is 17.8 Å². The fraction of sp³-hybridized carbons (Fsp3) is 0.455. The zero-order valence-electron chi connectivity index (χ0n) is 29.8. The number of hydrogen-bond donors (Lipinski definition) is 0. The maximum Gasteiger partial charge on any atom is 0.187 e. The SMILES string of the molecule is CC(C)[C@@H]1CC[C@@H](C)C[C@H]1O[C@H]1O[C@H](COCc2ccccc2)[C@H](OCc2ccccc2)[C@H](OCc2ccccc2)[C@H]1OCc1ccccc1. The van der Waals surface area contributed by atoms with E-state index in [1.165, 1.54) is 6.42 Å². The van der Waals surface area contributed by atoms with E-state index in [4.69, 9.17) is 28.4 Å². The minimum absolute atomic E-state index is 0.0500. The van der Waals surface area contributed by atoms with Gasteiger partial charge in [0, 0.05) is 0 Å². The van der Waals surface area contributed by atoms with Crippen LogP contribution in [0.1, 0.15) is 62.3 Å². The summed E-state index contributed by atoms with van der Waals surface area (Å²) in [5, 5.41) is 0. The van der Waals surface area contributed by atoms with Crippen molar-refractivity contribution in [3.8, 4) is 0 Å². The van der Waals surface area contributed by atoms with Gasteiger partial charge in [-0.2, -0.15) is 0 Å². The molecule has 6 nitrogen and oxygen atoms in total. The number of ether oxygens (including phenoxy) is 6. The average Bonchev–Trinajstić information content (AvgIpc) is 3.14. The van der Waals surface area contributed by atoms with Crippen LogP contribution in [-0.4, -0.2) is 43.4 Å². The van der Waals surface area contributed by atoms with E-state index in [1.54, 1.807) is 0 Å². The highest BCUT2D eigenvalue weighted by molar-refractivity contribution is 5.16. The van der Waals surface area contributed by atoms with Gasteiger partial charge in [-0.25, -0.2) is 0 Å². The Balaban J connectivity index is 1.33. The summed E-state index contributed by atoms with van der Waals surface area (Å²) in [7, 11) is 0. The second kappa shape index (κ2) is 18.8. The molecule has 2 fully saturated rings. The second-order valence-corrected chi connectivity index (χ2v) is 14.3. The van der Waals surface area contributed by atoms with Gasteiger partial charge in [-0.05, 0) is 52.8 Å². The summed E-state index contributed by atoms with van der Waals surface area (Å²) in [5.74, 6) is 1.52. The van der Waals surface area contributed by atoms with E-state index in [-0.39, 0.29) is 6.10 Å². The molecule has 0 N–H and O–H groups in total. The molecule has 0 unspecified atom stereocenters. The Labute approximate surface area is 299 Å². The van der Waals surface area contributed by atoms with E-state index < -0.39 is 30.7 Å². The first-order valence-electron chi connectivity index (χ1n) is 18.4. The van der Waals surface area contributed by atoms with Crippen molar-refractivity contribution in [2.45, 2.75) is 103 Å². The first-order chi connectivity index (χ1) is 24.5. The minimum Gasteiger partial charge on any atom is -0.374 e. The third-order valence-corrected chi connectivity index (χ3v) is 10.1. The average molecular weight is 679 g/mol. The molecule has 1 aliphatic carbocycles. The Kier molecular flexibility index (Phi) is 13.7. The van der Waals surface area contributed by atoms with Crippen LogP contribution in [0.3, 0.4) is 0 Å². The van der Waals surface area contributed by atoms with Crippen LogP contribution < -0.4 is 0 Å². The molecule has 0 radical (unpaired) electrons. The molecule has 4 aromatic rings. The zero-order valence-corrected chi connectivity index (χ0v) is 29.8. The van der Waals surface area contributed by atoms with Crippen molar-refractivity contribution in [1.29, 1.82) is 0 Å². The van der Waals surface area contributed by atoms with Gasteiger partial charge in [-0.15, -0.1) is 0 Å². The largest absolute Gasteiger partial charge is 0.374 e. The molecular formula is C44H54O6. The Bertz CT molecular complexity index is 1500. The molecule has 266 valence electrons. The fourth-order valence-electron chi connectivity index (χ4n) is 7.30. The fourth-order valence-corrected chi connectivity index (χ4v) is 7.30. The molecule has 1 saturated carbocycles. The van der Waals surface area contributed by atoms with Gasteiger partial charge in [0.2, 0.25) is 0 Å². The lowest BCUT2D eigenvalue weighted by Gasteiger charge is -2.48. The summed E-state index contributed by atoms with van der Waals surface area (Å²) in [6.07, 6.45) is 0.756. The second-order valence-electron chi connectivity index (χ2n) is 14.3. The number of hydrogen-bond acceptors (Lipinski definition) is 6. The highest BCUT2D eigenvalue weighted by Gasteiger charge is 2.50. The van der Waals surface area contributed by atoms with Crippen molar-refractivity contribution < 1.29 is 28.4 Å². The molecular weight excluding hydrogens is 624 g/mol. The highest BCUT2D eigenvalue weighted by atomic mass is 16.7. The molecule has 0 spiro atoms. The Morgan fingerprint density at radius 3 is 1.54 bits per heavy atom. The summed E-state index contributed by atoms with van der Waals surface area (Å²) < 4.78 is 41.1. The molecule has 1 saturated heterocycles. The van der Waals surface area contributed by atoms with Crippen LogP contribution >= 0.6 is 0 Å². The molecule has 4 aromatic carbocycles. The summed E-state index contributed by atoms with van der Waals surface area (Å²) >= 11 is 0. The molecule has 6 rings (SSSR count). The molecule has 2 aliphatic rings. The lowest BCUT2D eigenvalue weighted by molar-refractivity contribution is -0.341. The summed E-state index contributed by atoms with van der Waals surface area (Å²) in [6, 6.07) is 41.0. The van der Waals surface area contributed by atoms with E-state index in [1.807, 2.05) is 72.8 Å².